The lowest BCUT2D eigenvalue weighted by Gasteiger charge is -2.24. The fraction of sp³-hybridized carbons (Fsp3) is 0.209. The van der Waals surface area contributed by atoms with Gasteiger partial charge in [0.1, 0.15) is 0 Å². The lowest BCUT2D eigenvalue weighted by atomic mass is 9.78. The molecule has 8 aromatic rings. The highest BCUT2D eigenvalue weighted by atomic mass is 15.0. The smallest absolute Gasteiger partial charge is 0.0553 e. The Labute approximate surface area is 259 Å². The van der Waals surface area contributed by atoms with E-state index >= 15 is 0 Å². The second-order valence-electron chi connectivity index (χ2n) is 14.8. The Morgan fingerprint density at radius 3 is 1.98 bits per heavy atom. The van der Waals surface area contributed by atoms with Gasteiger partial charge in [-0.2, -0.15) is 0 Å². The van der Waals surface area contributed by atoms with E-state index in [4.69, 9.17) is 0 Å². The highest BCUT2D eigenvalue weighted by Gasteiger charge is 2.37. The van der Waals surface area contributed by atoms with Gasteiger partial charge in [-0.3, -0.25) is 0 Å². The molecule has 7 aromatic carbocycles. The Morgan fingerprint density at radius 2 is 1.23 bits per heavy atom. The van der Waals surface area contributed by atoms with E-state index in [0.29, 0.717) is 0 Å². The summed E-state index contributed by atoms with van der Waals surface area (Å²) in [5.74, 6) is 0. The molecule has 44 heavy (non-hydrogen) atoms. The Bertz CT molecular complexity index is 2490. The molecule has 0 aliphatic heterocycles. The first kappa shape index (κ1) is 25.8. The summed E-state index contributed by atoms with van der Waals surface area (Å²) in [6.07, 6.45) is 0. The van der Waals surface area contributed by atoms with Crippen molar-refractivity contribution in [3.63, 3.8) is 0 Å². The molecule has 0 N–H and O–H groups in total. The molecule has 0 spiro atoms. The van der Waals surface area contributed by atoms with Crippen LogP contribution in [0.1, 0.15) is 62.4 Å². The zero-order valence-corrected chi connectivity index (χ0v) is 26.7. The highest BCUT2D eigenvalue weighted by Crippen LogP contribution is 2.54. The topological polar surface area (TPSA) is 4.93 Å². The van der Waals surface area contributed by atoms with Gasteiger partial charge < -0.3 is 4.57 Å². The number of nitrogens with zero attached hydrogens (tertiary/aromatic N) is 1. The van der Waals surface area contributed by atoms with Crippen LogP contribution in [0.5, 0.6) is 0 Å². The van der Waals surface area contributed by atoms with E-state index in [1.54, 1.807) is 0 Å². The zero-order chi connectivity index (χ0) is 30.3. The summed E-state index contributed by atoms with van der Waals surface area (Å²) >= 11 is 0. The molecule has 0 atom stereocenters. The number of aryl methyl sites for hydroxylation is 2. The molecule has 0 saturated carbocycles. The SMILES string of the molecule is Cc1cc(C)cc(-n2c3cc(C(C)(C)C)ccc3c3c4ccc5cc6c(c7ccc(cc32)c4c57)C(C)(C)c2ccccc2-6)c1. The van der Waals surface area contributed by atoms with E-state index < -0.39 is 0 Å². The van der Waals surface area contributed by atoms with Gasteiger partial charge in [0.25, 0.3) is 0 Å². The number of fused-ring (bicyclic) bond motifs is 8. The lowest BCUT2D eigenvalue weighted by molar-refractivity contribution is 0.591. The fourth-order valence-corrected chi connectivity index (χ4v) is 8.56. The van der Waals surface area contributed by atoms with E-state index in [0.717, 1.165) is 0 Å². The van der Waals surface area contributed by atoms with Crippen molar-refractivity contribution in [1.29, 1.82) is 0 Å². The number of aromatic nitrogens is 1. The van der Waals surface area contributed by atoms with Crippen molar-refractivity contribution in [1.82, 2.24) is 4.57 Å². The molecular weight excluding hydrogens is 530 g/mol. The zero-order valence-electron chi connectivity index (χ0n) is 26.7. The summed E-state index contributed by atoms with van der Waals surface area (Å²) < 4.78 is 2.52. The first-order chi connectivity index (χ1) is 21.0. The number of benzene rings is 7. The van der Waals surface area contributed by atoms with Crippen molar-refractivity contribution >= 4 is 54.1 Å². The second-order valence-corrected chi connectivity index (χ2v) is 14.8. The van der Waals surface area contributed by atoms with Crippen LogP contribution in [0, 0.1) is 13.8 Å². The molecule has 0 radical (unpaired) electrons. The van der Waals surface area contributed by atoms with Crippen molar-refractivity contribution in [3.05, 3.63) is 125 Å². The molecule has 0 saturated heterocycles. The Morgan fingerprint density at radius 1 is 0.568 bits per heavy atom. The molecular formula is C43H37N. The average molecular weight is 568 g/mol. The molecule has 214 valence electrons. The summed E-state index contributed by atoms with van der Waals surface area (Å²) in [7, 11) is 0. The van der Waals surface area contributed by atoms with Crippen LogP contribution in [0.3, 0.4) is 0 Å². The number of hydrogen-bond acceptors (Lipinski definition) is 0. The summed E-state index contributed by atoms with van der Waals surface area (Å²) in [6, 6.07) is 37.6. The molecule has 1 heteroatoms. The van der Waals surface area contributed by atoms with Crippen molar-refractivity contribution in [2.45, 2.75) is 59.3 Å². The second kappa shape index (κ2) is 8.30. The monoisotopic (exact) mass is 567 g/mol. The molecule has 1 aromatic heterocycles. The Kier molecular flexibility index (Phi) is 4.87. The van der Waals surface area contributed by atoms with E-state index in [1.807, 2.05) is 0 Å². The Hall–Kier alpha value is -4.62. The van der Waals surface area contributed by atoms with Gasteiger partial charge in [-0.05, 0) is 121 Å². The number of rotatable bonds is 1. The maximum absolute atomic E-state index is 2.52. The molecule has 0 fully saturated rings. The standard InChI is InChI=1S/C43H37N/c1-24-18-25(2)20-29(19-24)44-36-23-28(42(3,4)5)14-17-31(36)40-32-15-12-26-21-34-30-10-8-9-11-35(30)43(6,7)41(34)33-16-13-27(22-37(40)44)38(32)39(26)33/h8-23H,1-7H3. The lowest BCUT2D eigenvalue weighted by Crippen LogP contribution is -2.15. The highest BCUT2D eigenvalue weighted by molar-refractivity contribution is 6.34. The summed E-state index contributed by atoms with van der Waals surface area (Å²) in [4.78, 5) is 0. The van der Waals surface area contributed by atoms with Crippen LogP contribution in [-0.2, 0) is 10.8 Å². The molecule has 1 heterocycles. The van der Waals surface area contributed by atoms with Crippen LogP contribution in [-0.4, -0.2) is 4.57 Å². The van der Waals surface area contributed by atoms with E-state index in [-0.39, 0.29) is 10.8 Å². The molecule has 0 bridgehead atoms. The van der Waals surface area contributed by atoms with Gasteiger partial charge in [0, 0.05) is 21.9 Å². The van der Waals surface area contributed by atoms with Crippen LogP contribution in [0.15, 0.2) is 97.1 Å². The van der Waals surface area contributed by atoms with Gasteiger partial charge in [-0.25, -0.2) is 0 Å². The van der Waals surface area contributed by atoms with E-state index in [1.165, 1.54) is 98.8 Å². The number of hydrogen-bond donors (Lipinski definition) is 0. The molecule has 9 rings (SSSR count). The van der Waals surface area contributed by atoms with Gasteiger partial charge in [0.15, 0.2) is 0 Å². The van der Waals surface area contributed by atoms with E-state index in [9.17, 15) is 0 Å². The predicted octanol–water partition coefficient (Wildman–Crippen LogP) is 11.9. The Balaban J connectivity index is 1.46. The van der Waals surface area contributed by atoms with Crippen LogP contribution < -0.4 is 0 Å². The van der Waals surface area contributed by atoms with Gasteiger partial charge in [0.05, 0.1) is 11.0 Å². The van der Waals surface area contributed by atoms with Crippen molar-refractivity contribution in [3.8, 4) is 16.8 Å². The third-order valence-corrected chi connectivity index (χ3v) is 10.5. The summed E-state index contributed by atoms with van der Waals surface area (Å²) in [5, 5.41) is 10.8. The molecule has 1 aliphatic rings. The maximum Gasteiger partial charge on any atom is 0.0553 e. The molecule has 1 aliphatic carbocycles. The van der Waals surface area contributed by atoms with Gasteiger partial charge >= 0.3 is 0 Å². The van der Waals surface area contributed by atoms with Crippen LogP contribution in [0.2, 0.25) is 0 Å². The predicted molar refractivity (Wildman–Crippen MR) is 190 cm³/mol. The normalized spacial score (nSPS) is 14.4. The quantitative estimate of drug-likeness (QED) is 0.174. The minimum atomic E-state index is -0.0496. The van der Waals surface area contributed by atoms with Gasteiger partial charge in [-0.1, -0.05) is 101 Å². The van der Waals surface area contributed by atoms with Crippen LogP contribution in [0.25, 0.3) is 70.9 Å². The maximum atomic E-state index is 2.52. The first-order valence-corrected chi connectivity index (χ1v) is 15.9. The van der Waals surface area contributed by atoms with Crippen LogP contribution >= 0.6 is 0 Å². The van der Waals surface area contributed by atoms with E-state index in [2.05, 4.69) is 150 Å². The average Bonchev–Trinajstić information content (AvgIpc) is 3.43. The molecule has 0 unspecified atom stereocenters. The molecule has 1 nitrogen and oxygen atoms in total. The van der Waals surface area contributed by atoms with Gasteiger partial charge in [0.2, 0.25) is 0 Å². The van der Waals surface area contributed by atoms with Crippen molar-refractivity contribution in [2.24, 2.45) is 0 Å². The van der Waals surface area contributed by atoms with Crippen molar-refractivity contribution in [2.75, 3.05) is 0 Å². The summed E-state index contributed by atoms with van der Waals surface area (Å²) in [5.41, 5.74) is 13.4. The summed E-state index contributed by atoms with van der Waals surface area (Å²) in [6.45, 7) is 16.1. The van der Waals surface area contributed by atoms with Crippen LogP contribution in [0.4, 0.5) is 0 Å². The third kappa shape index (κ3) is 3.25. The van der Waals surface area contributed by atoms with Crippen molar-refractivity contribution < 1.29 is 0 Å². The largest absolute Gasteiger partial charge is 0.309 e. The molecule has 0 amide bonds. The third-order valence-electron chi connectivity index (χ3n) is 10.5. The minimum absolute atomic E-state index is 0.0496. The minimum Gasteiger partial charge on any atom is -0.309 e. The fourth-order valence-electron chi connectivity index (χ4n) is 8.56. The van der Waals surface area contributed by atoms with Gasteiger partial charge in [-0.15, -0.1) is 0 Å². The first-order valence-electron chi connectivity index (χ1n) is 15.9.